The minimum absolute atomic E-state index is 0.0404. The first-order valence-corrected chi connectivity index (χ1v) is 12.9. The van der Waals surface area contributed by atoms with Crippen molar-refractivity contribution >= 4 is 29.1 Å². The molecule has 3 heterocycles. The molecule has 0 unspecified atom stereocenters. The van der Waals surface area contributed by atoms with Gasteiger partial charge in [0.15, 0.2) is 16.8 Å². The molecule has 6 rings (SSSR count). The molecule has 3 aromatic carbocycles. The molecule has 0 atom stereocenters. The van der Waals surface area contributed by atoms with Crippen molar-refractivity contribution in [3.63, 3.8) is 0 Å². The van der Waals surface area contributed by atoms with Crippen LogP contribution in [0.5, 0.6) is 0 Å². The number of aryl methyl sites for hydroxylation is 2. The number of nitrogens with zero attached hydrogens (tertiary/aromatic N) is 4. The highest BCUT2D eigenvalue weighted by molar-refractivity contribution is 7.99. The summed E-state index contributed by atoms with van der Waals surface area (Å²) in [4.78, 5) is 27.5. The summed E-state index contributed by atoms with van der Waals surface area (Å²) in [5.74, 6) is 0.212. The van der Waals surface area contributed by atoms with Gasteiger partial charge in [-0.1, -0.05) is 41.6 Å². The molecule has 36 heavy (non-hydrogen) atoms. The summed E-state index contributed by atoms with van der Waals surface area (Å²) in [7, 11) is 0. The van der Waals surface area contributed by atoms with Gasteiger partial charge in [-0.25, -0.2) is 4.39 Å². The van der Waals surface area contributed by atoms with Crippen LogP contribution >= 0.6 is 11.8 Å². The van der Waals surface area contributed by atoms with Crippen molar-refractivity contribution in [1.29, 1.82) is 0 Å². The van der Waals surface area contributed by atoms with E-state index in [9.17, 15) is 14.0 Å². The van der Waals surface area contributed by atoms with E-state index in [1.807, 2.05) is 48.2 Å². The van der Waals surface area contributed by atoms with Crippen LogP contribution in [0.15, 0.2) is 65.8 Å². The molecule has 0 radical (unpaired) electrons. The number of hydrogen-bond donors (Lipinski definition) is 0. The first-order chi connectivity index (χ1) is 17.5. The van der Waals surface area contributed by atoms with Crippen LogP contribution in [0.3, 0.4) is 0 Å². The number of carbonyl (C=O) groups is 2. The average molecular weight is 499 g/mol. The number of aromatic nitrogens is 3. The molecule has 180 valence electrons. The Hall–Kier alpha value is -3.78. The maximum absolute atomic E-state index is 14.7. The normalized spacial score (nSPS) is 14.3. The fourth-order valence-corrected chi connectivity index (χ4v) is 5.81. The number of amides is 1. The van der Waals surface area contributed by atoms with E-state index in [0.29, 0.717) is 28.5 Å². The third kappa shape index (κ3) is 3.91. The summed E-state index contributed by atoms with van der Waals surface area (Å²) < 4.78 is 16.4. The van der Waals surface area contributed by atoms with E-state index in [0.717, 1.165) is 47.5 Å². The topological polar surface area (TPSA) is 68.1 Å². The second kappa shape index (κ2) is 9.02. The Bertz CT molecular complexity index is 1510. The smallest absolute Gasteiger partial charge is 0.231 e. The van der Waals surface area contributed by atoms with E-state index in [4.69, 9.17) is 0 Å². The fraction of sp³-hybridized carbons (Fsp3) is 0.214. The zero-order chi connectivity index (χ0) is 24.8. The summed E-state index contributed by atoms with van der Waals surface area (Å²) in [6.45, 7) is 2.75. The highest BCUT2D eigenvalue weighted by Gasteiger charge is 2.33. The lowest BCUT2D eigenvalue weighted by Crippen LogP contribution is -2.31. The molecule has 0 N–H and O–H groups in total. The quantitative estimate of drug-likeness (QED) is 0.270. The molecule has 6 nitrogen and oxygen atoms in total. The van der Waals surface area contributed by atoms with Crippen molar-refractivity contribution in [1.82, 2.24) is 14.8 Å². The largest absolute Gasteiger partial charge is 0.312 e. The van der Waals surface area contributed by atoms with Crippen LogP contribution < -0.4 is 4.90 Å². The molecule has 0 spiro atoms. The van der Waals surface area contributed by atoms with Crippen molar-refractivity contribution in [3.05, 3.63) is 88.7 Å². The number of rotatable bonds is 6. The Balaban J connectivity index is 1.32. The number of ketones is 1. The Morgan fingerprint density at radius 1 is 1.06 bits per heavy atom. The zero-order valence-corrected chi connectivity index (χ0v) is 20.5. The summed E-state index contributed by atoms with van der Waals surface area (Å²) in [5, 5.41) is 9.13. The standard InChI is InChI=1S/C28H23FN4O2S/c1-17-8-10-21(11-9-17)33-27(22-6-2-3-7-23(22)29)30-31-28(33)36-16-24(34)19-13-18-5-4-12-32-25(35)15-20(14-19)26(18)32/h2-3,6-11,13-14H,4-5,12,15-16H2,1H3. The van der Waals surface area contributed by atoms with Crippen molar-refractivity contribution in [2.75, 3.05) is 17.2 Å². The molecule has 4 aromatic rings. The van der Waals surface area contributed by atoms with Crippen LogP contribution in [-0.2, 0) is 17.6 Å². The van der Waals surface area contributed by atoms with E-state index >= 15 is 0 Å². The molecule has 0 bridgehead atoms. The molecule has 0 saturated heterocycles. The molecule has 0 saturated carbocycles. The van der Waals surface area contributed by atoms with Gasteiger partial charge in [0, 0.05) is 17.8 Å². The van der Waals surface area contributed by atoms with Gasteiger partial charge in [0.2, 0.25) is 5.91 Å². The SMILES string of the molecule is Cc1ccc(-n2c(SCC(=O)c3cc4c5c(c3)CC(=O)N5CCC4)nnc2-c2ccccc2F)cc1. The van der Waals surface area contributed by atoms with E-state index in [2.05, 4.69) is 10.2 Å². The maximum atomic E-state index is 14.7. The minimum atomic E-state index is -0.387. The van der Waals surface area contributed by atoms with Crippen LogP contribution in [0.4, 0.5) is 10.1 Å². The van der Waals surface area contributed by atoms with Gasteiger partial charge in [0.25, 0.3) is 0 Å². The van der Waals surface area contributed by atoms with Gasteiger partial charge in [-0.3, -0.25) is 14.2 Å². The van der Waals surface area contributed by atoms with Gasteiger partial charge in [0.05, 0.1) is 23.4 Å². The van der Waals surface area contributed by atoms with Gasteiger partial charge >= 0.3 is 0 Å². The first kappa shape index (κ1) is 22.7. The lowest BCUT2D eigenvalue weighted by Gasteiger charge is -2.25. The number of Topliss-reactive ketones (excluding diaryl/α,β-unsaturated/α-hetero) is 1. The van der Waals surface area contributed by atoms with Gasteiger partial charge in [0.1, 0.15) is 5.82 Å². The summed E-state index contributed by atoms with van der Waals surface area (Å²) in [6.07, 6.45) is 2.13. The number of carbonyl (C=O) groups excluding carboxylic acids is 2. The number of anilines is 1. The third-order valence-corrected chi connectivity index (χ3v) is 7.63. The average Bonchev–Trinajstić information content (AvgIpc) is 3.45. The van der Waals surface area contributed by atoms with Crippen molar-refractivity contribution in [2.45, 2.75) is 31.3 Å². The van der Waals surface area contributed by atoms with Crippen molar-refractivity contribution in [3.8, 4) is 17.1 Å². The second-order valence-electron chi connectivity index (χ2n) is 9.14. The minimum Gasteiger partial charge on any atom is -0.312 e. The Morgan fingerprint density at radius 2 is 1.83 bits per heavy atom. The fourth-order valence-electron chi connectivity index (χ4n) is 4.96. The summed E-state index contributed by atoms with van der Waals surface area (Å²) >= 11 is 1.27. The zero-order valence-electron chi connectivity index (χ0n) is 19.7. The van der Waals surface area contributed by atoms with E-state index in [-0.39, 0.29) is 23.3 Å². The molecule has 0 fully saturated rings. The molecule has 8 heteroatoms. The van der Waals surface area contributed by atoms with E-state index < -0.39 is 0 Å². The van der Waals surface area contributed by atoms with Gasteiger partial charge in [-0.15, -0.1) is 10.2 Å². The van der Waals surface area contributed by atoms with E-state index in [1.165, 1.54) is 17.8 Å². The van der Waals surface area contributed by atoms with Crippen LogP contribution in [0, 0.1) is 12.7 Å². The molecular formula is C28H23FN4O2S. The van der Waals surface area contributed by atoms with Crippen LogP contribution in [0.25, 0.3) is 17.1 Å². The third-order valence-electron chi connectivity index (χ3n) is 6.70. The molecule has 1 amide bonds. The van der Waals surface area contributed by atoms with Gasteiger partial charge in [-0.05, 0) is 67.3 Å². The summed E-state index contributed by atoms with van der Waals surface area (Å²) in [5.41, 5.74) is 5.86. The number of hydrogen-bond acceptors (Lipinski definition) is 5. The number of halogens is 1. The first-order valence-electron chi connectivity index (χ1n) is 11.9. The predicted molar refractivity (Wildman–Crippen MR) is 137 cm³/mol. The summed E-state index contributed by atoms with van der Waals surface area (Å²) in [6, 6.07) is 18.1. The van der Waals surface area contributed by atoms with Gasteiger partial charge in [-0.2, -0.15) is 0 Å². The number of benzene rings is 3. The van der Waals surface area contributed by atoms with E-state index in [1.54, 1.807) is 22.8 Å². The van der Waals surface area contributed by atoms with Crippen LogP contribution in [0.2, 0.25) is 0 Å². The lowest BCUT2D eigenvalue weighted by atomic mass is 9.96. The lowest BCUT2D eigenvalue weighted by molar-refractivity contribution is -0.117. The Labute approximate surface area is 212 Å². The molecule has 2 aliphatic rings. The van der Waals surface area contributed by atoms with Crippen LogP contribution in [0.1, 0.15) is 33.5 Å². The highest BCUT2D eigenvalue weighted by atomic mass is 32.2. The highest BCUT2D eigenvalue weighted by Crippen LogP contribution is 2.38. The Morgan fingerprint density at radius 3 is 2.64 bits per heavy atom. The molecule has 1 aromatic heterocycles. The molecule has 2 aliphatic heterocycles. The second-order valence-corrected chi connectivity index (χ2v) is 10.1. The van der Waals surface area contributed by atoms with Crippen molar-refractivity contribution in [2.24, 2.45) is 0 Å². The monoisotopic (exact) mass is 498 g/mol. The van der Waals surface area contributed by atoms with Crippen molar-refractivity contribution < 1.29 is 14.0 Å². The maximum Gasteiger partial charge on any atom is 0.231 e. The number of thioether (sulfide) groups is 1. The predicted octanol–water partition coefficient (Wildman–Crippen LogP) is 5.19. The van der Waals surface area contributed by atoms with Crippen LogP contribution in [-0.4, -0.2) is 38.8 Å². The van der Waals surface area contributed by atoms with Gasteiger partial charge < -0.3 is 4.90 Å². The molecular weight excluding hydrogens is 475 g/mol. The Kier molecular flexibility index (Phi) is 5.68. The molecule has 0 aliphatic carbocycles.